The van der Waals surface area contributed by atoms with Crippen LogP contribution in [0.5, 0.6) is 0 Å². The zero-order valence-electron chi connectivity index (χ0n) is 20.3. The molecule has 2 aromatic carbocycles. The Balaban J connectivity index is 0.00000102. The molecule has 2 amide bonds. The number of amides is 2. The molecule has 0 atom stereocenters. The van der Waals surface area contributed by atoms with E-state index in [-0.39, 0.29) is 17.5 Å². The molecule has 2 fully saturated rings. The quantitative estimate of drug-likeness (QED) is 0.507. The van der Waals surface area contributed by atoms with Crippen molar-refractivity contribution in [2.24, 2.45) is 0 Å². The molecule has 10 heteroatoms. The summed E-state index contributed by atoms with van der Waals surface area (Å²) in [7, 11) is 0. The highest BCUT2D eigenvalue weighted by molar-refractivity contribution is 7.51. The molecule has 1 heterocycles. The van der Waals surface area contributed by atoms with Gasteiger partial charge in [-0.05, 0) is 61.9 Å². The minimum absolute atomic E-state index is 0.0932. The maximum absolute atomic E-state index is 14.4. The van der Waals surface area contributed by atoms with Gasteiger partial charge in [-0.3, -0.25) is 9.59 Å². The van der Waals surface area contributed by atoms with Gasteiger partial charge in [0.25, 0.3) is 5.91 Å². The molecule has 192 valence electrons. The molecule has 37 heavy (non-hydrogen) atoms. The second-order valence-corrected chi connectivity index (χ2v) is 9.80. The summed E-state index contributed by atoms with van der Waals surface area (Å²) in [6.07, 6.45) is 4.93. The summed E-state index contributed by atoms with van der Waals surface area (Å²) in [4.78, 5) is 26.4. The number of carbonyl (C=O) groups is 2. The number of nitriles is 1. The molecule has 2 N–H and O–H groups in total. The second-order valence-electron chi connectivity index (χ2n) is 9.66. The van der Waals surface area contributed by atoms with E-state index in [9.17, 15) is 19.2 Å². The number of furan rings is 1. The summed E-state index contributed by atoms with van der Waals surface area (Å²) in [5.41, 5.74) is 0.554. The van der Waals surface area contributed by atoms with Crippen LogP contribution >= 0.6 is 0 Å². The normalized spacial score (nSPS) is 17.0. The van der Waals surface area contributed by atoms with E-state index in [1.165, 1.54) is 6.07 Å². The highest BCUT2D eigenvalue weighted by atomic mass is 32.1. The van der Waals surface area contributed by atoms with Crippen LogP contribution in [-0.4, -0.2) is 31.3 Å². The lowest BCUT2D eigenvalue weighted by Crippen LogP contribution is -2.61. The summed E-state index contributed by atoms with van der Waals surface area (Å²) < 4.78 is 36.9. The lowest BCUT2D eigenvalue weighted by Gasteiger charge is -2.37. The van der Waals surface area contributed by atoms with Crippen molar-refractivity contribution >= 4 is 34.4 Å². The monoisotopic (exact) mass is 523 g/mol. The van der Waals surface area contributed by atoms with E-state index in [2.05, 4.69) is 16.7 Å². The lowest BCUT2D eigenvalue weighted by atomic mass is 9.80. The second kappa shape index (κ2) is 10.6. The van der Waals surface area contributed by atoms with Crippen LogP contribution in [0.25, 0.3) is 22.1 Å². The maximum Gasteiger partial charge on any atom is 0.335 e. The fourth-order valence-electron chi connectivity index (χ4n) is 4.73. The Labute approximate surface area is 216 Å². The maximum atomic E-state index is 14.4. The first-order chi connectivity index (χ1) is 17.7. The number of hydrogen-bond donors (Lipinski definition) is 2. The van der Waals surface area contributed by atoms with Gasteiger partial charge in [-0.25, -0.2) is 4.39 Å². The van der Waals surface area contributed by atoms with Crippen LogP contribution in [0.15, 0.2) is 46.9 Å². The first-order valence-corrected chi connectivity index (χ1v) is 12.7. The Morgan fingerprint density at radius 3 is 2.32 bits per heavy atom. The Morgan fingerprint density at radius 1 is 1.00 bits per heavy atom. The molecule has 2 saturated carbocycles. The molecule has 1 aromatic heterocycles. The molecule has 5 rings (SSSR count). The number of aryl methyl sites for hydroxylation is 1. The molecule has 0 bridgehead atoms. The van der Waals surface area contributed by atoms with Crippen LogP contribution in [0, 0.1) is 24.1 Å². The van der Waals surface area contributed by atoms with Crippen LogP contribution in [0.3, 0.4) is 0 Å². The predicted octanol–water partition coefficient (Wildman–Crippen LogP) is 4.48. The summed E-state index contributed by atoms with van der Waals surface area (Å²) in [5, 5.41) is 15.9. The fraction of sp³-hybridized carbons (Fsp3) is 0.370. The molecular formula is C27H26FN3O5S. The molecular weight excluding hydrogens is 497 g/mol. The smallest absolute Gasteiger partial charge is 0.335 e. The van der Waals surface area contributed by atoms with E-state index in [1.807, 2.05) is 13.0 Å². The molecule has 2 aliphatic rings. The van der Waals surface area contributed by atoms with Crippen molar-refractivity contribution in [3.05, 3.63) is 59.6 Å². The van der Waals surface area contributed by atoms with Gasteiger partial charge in [0.1, 0.15) is 22.5 Å². The average Bonchev–Trinajstić information content (AvgIpc) is 3.52. The van der Waals surface area contributed by atoms with Gasteiger partial charge in [0.2, 0.25) is 5.91 Å². The SMILES string of the molecule is Cc1ccc(-c2ccc3cc(C(=O)NC4(C(=O)NC5(C#N)CC5)CCCCC4)oc3c2)c(F)c1.O=S=O. The van der Waals surface area contributed by atoms with Crippen LogP contribution in [0.2, 0.25) is 0 Å². The van der Waals surface area contributed by atoms with E-state index in [4.69, 9.17) is 12.8 Å². The van der Waals surface area contributed by atoms with Crippen LogP contribution in [-0.2, 0) is 16.4 Å². The third kappa shape index (κ3) is 5.62. The third-order valence-electron chi connectivity index (χ3n) is 6.99. The van der Waals surface area contributed by atoms with Crippen LogP contribution < -0.4 is 10.6 Å². The number of benzene rings is 2. The molecule has 0 radical (unpaired) electrons. The summed E-state index contributed by atoms with van der Waals surface area (Å²) in [5.74, 6) is -0.999. The van der Waals surface area contributed by atoms with E-state index < -0.39 is 28.6 Å². The van der Waals surface area contributed by atoms with Crippen molar-refractivity contribution in [1.29, 1.82) is 5.26 Å². The summed E-state index contributed by atoms with van der Waals surface area (Å²) in [6, 6.07) is 14.2. The molecule has 2 aliphatic carbocycles. The van der Waals surface area contributed by atoms with Gasteiger partial charge >= 0.3 is 11.6 Å². The van der Waals surface area contributed by atoms with Gasteiger partial charge in [-0.15, -0.1) is 0 Å². The van der Waals surface area contributed by atoms with Crippen molar-refractivity contribution in [1.82, 2.24) is 10.6 Å². The number of rotatable bonds is 5. The van der Waals surface area contributed by atoms with Gasteiger partial charge < -0.3 is 15.1 Å². The molecule has 0 spiro atoms. The van der Waals surface area contributed by atoms with E-state index in [0.29, 0.717) is 47.8 Å². The average molecular weight is 524 g/mol. The molecule has 8 nitrogen and oxygen atoms in total. The highest BCUT2D eigenvalue weighted by Gasteiger charge is 2.50. The van der Waals surface area contributed by atoms with E-state index >= 15 is 0 Å². The number of carbonyl (C=O) groups excluding carboxylic acids is 2. The van der Waals surface area contributed by atoms with Gasteiger partial charge in [0.15, 0.2) is 5.76 Å². The number of nitrogens with one attached hydrogen (secondary N) is 2. The zero-order valence-corrected chi connectivity index (χ0v) is 21.1. The van der Waals surface area contributed by atoms with E-state index in [0.717, 1.165) is 24.8 Å². The van der Waals surface area contributed by atoms with Crippen molar-refractivity contribution < 1.29 is 26.8 Å². The Hall–Kier alpha value is -3.84. The minimum Gasteiger partial charge on any atom is -0.451 e. The Morgan fingerprint density at radius 2 is 1.70 bits per heavy atom. The highest BCUT2D eigenvalue weighted by Crippen LogP contribution is 2.37. The molecule has 3 aromatic rings. The van der Waals surface area contributed by atoms with E-state index in [1.54, 1.807) is 30.3 Å². The third-order valence-corrected chi connectivity index (χ3v) is 6.99. The van der Waals surface area contributed by atoms with Crippen molar-refractivity contribution in [3.63, 3.8) is 0 Å². The van der Waals surface area contributed by atoms with Crippen molar-refractivity contribution in [3.8, 4) is 17.2 Å². The largest absolute Gasteiger partial charge is 0.451 e. The van der Waals surface area contributed by atoms with Crippen LogP contribution in [0.4, 0.5) is 4.39 Å². The summed E-state index contributed by atoms with van der Waals surface area (Å²) in [6.45, 7) is 1.83. The van der Waals surface area contributed by atoms with Crippen LogP contribution in [0.1, 0.15) is 61.1 Å². The predicted molar refractivity (Wildman–Crippen MR) is 134 cm³/mol. The fourth-order valence-corrected chi connectivity index (χ4v) is 4.73. The van der Waals surface area contributed by atoms with Gasteiger partial charge in [-0.2, -0.15) is 13.7 Å². The Bertz CT molecular complexity index is 1430. The molecule has 0 aliphatic heterocycles. The number of halogens is 1. The van der Waals surface area contributed by atoms with Gasteiger partial charge in [0.05, 0.1) is 6.07 Å². The van der Waals surface area contributed by atoms with Crippen molar-refractivity contribution in [2.75, 3.05) is 0 Å². The number of nitrogens with zero attached hydrogens (tertiary/aromatic N) is 1. The van der Waals surface area contributed by atoms with Gasteiger partial charge in [-0.1, -0.05) is 43.5 Å². The van der Waals surface area contributed by atoms with Gasteiger partial charge in [0, 0.05) is 10.9 Å². The lowest BCUT2D eigenvalue weighted by molar-refractivity contribution is -0.129. The number of fused-ring (bicyclic) bond motifs is 1. The molecule has 0 unspecified atom stereocenters. The zero-order chi connectivity index (χ0) is 26.6. The van der Waals surface area contributed by atoms with Crippen molar-refractivity contribution in [2.45, 2.75) is 62.9 Å². The summed E-state index contributed by atoms with van der Waals surface area (Å²) >= 11 is -0.750. The standard InChI is InChI=1S/C27H26FN3O3.O2S/c1-17-5-8-20(21(28)13-17)18-6-7-19-15-23(34-22(19)14-18)24(32)30-27(9-3-2-4-10-27)25(33)31-26(16-29)11-12-26;1-3-2/h5-8,13-15H,2-4,9-12H2,1H3,(H,30,32)(H,31,33);. The Kier molecular flexibility index (Phi) is 7.55. The first kappa shape index (κ1) is 26.2. The molecule has 0 saturated heterocycles. The first-order valence-electron chi connectivity index (χ1n) is 12.0. The number of hydrogen-bond acceptors (Lipinski definition) is 6. The minimum atomic E-state index is -1.06. The topological polar surface area (TPSA) is 129 Å².